The number of rotatable bonds is 11. The molecular formula is C37H40F3N3O4S. The molecule has 4 aromatic carbocycles. The minimum atomic E-state index is -4.76. The van der Waals surface area contributed by atoms with E-state index in [0.717, 1.165) is 28.8 Å². The van der Waals surface area contributed by atoms with Crippen molar-refractivity contribution in [2.24, 2.45) is 0 Å². The number of sulfonamides is 1. The summed E-state index contributed by atoms with van der Waals surface area (Å²) in [7, 11) is -4.56. The van der Waals surface area contributed by atoms with Crippen molar-refractivity contribution in [3.63, 3.8) is 0 Å². The number of halogens is 3. The number of nitrogens with one attached hydrogen (secondary N) is 1. The van der Waals surface area contributed by atoms with Gasteiger partial charge >= 0.3 is 6.18 Å². The average molecular weight is 680 g/mol. The number of amides is 2. The summed E-state index contributed by atoms with van der Waals surface area (Å²) in [5.74, 6) is -1.23. The van der Waals surface area contributed by atoms with Gasteiger partial charge in [-0.25, -0.2) is 8.42 Å². The van der Waals surface area contributed by atoms with E-state index in [-0.39, 0.29) is 23.5 Å². The average Bonchev–Trinajstić information content (AvgIpc) is 3.01. The molecule has 1 atom stereocenters. The lowest BCUT2D eigenvalue weighted by molar-refractivity contribution is -0.140. The lowest BCUT2D eigenvalue weighted by Gasteiger charge is -2.35. The molecule has 4 rings (SSSR count). The summed E-state index contributed by atoms with van der Waals surface area (Å²) in [4.78, 5) is 29.6. The van der Waals surface area contributed by atoms with Crippen LogP contribution in [0.3, 0.4) is 0 Å². The fourth-order valence-corrected chi connectivity index (χ4v) is 6.62. The van der Waals surface area contributed by atoms with Crippen molar-refractivity contribution in [3.05, 3.63) is 131 Å². The van der Waals surface area contributed by atoms with Crippen molar-refractivity contribution in [1.82, 2.24) is 10.2 Å². The normalized spacial score (nSPS) is 12.7. The van der Waals surface area contributed by atoms with Crippen LogP contribution < -0.4 is 9.62 Å². The van der Waals surface area contributed by atoms with Gasteiger partial charge in [-0.2, -0.15) is 13.2 Å². The molecule has 0 bridgehead atoms. The van der Waals surface area contributed by atoms with Gasteiger partial charge in [0.05, 0.1) is 16.1 Å². The van der Waals surface area contributed by atoms with Gasteiger partial charge in [-0.15, -0.1) is 0 Å². The molecule has 48 heavy (non-hydrogen) atoms. The van der Waals surface area contributed by atoms with E-state index in [9.17, 15) is 31.2 Å². The molecule has 2 amide bonds. The standard InChI is InChI=1S/C37H40F3N3O4S/c1-26-17-19-32(20-18-26)48(46,47)43(31-16-10-15-30(23-31)37(38,39)40)25-34(44)42(24-29-14-9-11-27(2)21-29)33(35(45)41-36(3,4)5)22-28-12-7-6-8-13-28/h6-21,23,33H,22,24-25H2,1-5H3,(H,41,45)/t33-/m0/s1. The van der Waals surface area contributed by atoms with Crippen molar-refractivity contribution >= 4 is 27.5 Å². The highest BCUT2D eigenvalue weighted by Gasteiger charge is 2.37. The van der Waals surface area contributed by atoms with E-state index >= 15 is 0 Å². The Balaban J connectivity index is 1.86. The van der Waals surface area contributed by atoms with Gasteiger partial charge in [0.15, 0.2) is 0 Å². The molecule has 0 aliphatic carbocycles. The van der Waals surface area contributed by atoms with Crippen LogP contribution in [0.15, 0.2) is 108 Å². The van der Waals surface area contributed by atoms with E-state index < -0.39 is 51.7 Å². The monoisotopic (exact) mass is 679 g/mol. The summed E-state index contributed by atoms with van der Waals surface area (Å²) in [5.41, 5.74) is 1.06. The number of alkyl halides is 3. The number of aryl methyl sites for hydroxylation is 2. The van der Waals surface area contributed by atoms with E-state index in [1.165, 1.54) is 23.1 Å². The maximum absolute atomic E-state index is 14.5. The fraction of sp³-hybridized carbons (Fsp3) is 0.297. The second-order valence-electron chi connectivity index (χ2n) is 12.8. The quantitative estimate of drug-likeness (QED) is 0.184. The van der Waals surface area contributed by atoms with E-state index in [1.807, 2.05) is 55.5 Å². The van der Waals surface area contributed by atoms with Crippen LogP contribution in [0.4, 0.5) is 18.9 Å². The molecule has 0 heterocycles. The van der Waals surface area contributed by atoms with Gasteiger partial charge in [0.2, 0.25) is 11.8 Å². The second kappa shape index (κ2) is 14.6. The number of hydrogen-bond acceptors (Lipinski definition) is 4. The van der Waals surface area contributed by atoms with Crippen molar-refractivity contribution in [3.8, 4) is 0 Å². The van der Waals surface area contributed by atoms with Crippen LogP contribution in [0.2, 0.25) is 0 Å². The zero-order valence-electron chi connectivity index (χ0n) is 27.6. The summed E-state index contributed by atoms with van der Waals surface area (Å²) in [5, 5.41) is 2.95. The summed E-state index contributed by atoms with van der Waals surface area (Å²) in [6, 6.07) is 25.0. The summed E-state index contributed by atoms with van der Waals surface area (Å²) in [6.45, 7) is 8.15. The minimum absolute atomic E-state index is 0.0589. The highest BCUT2D eigenvalue weighted by atomic mass is 32.2. The second-order valence-corrected chi connectivity index (χ2v) is 14.7. The van der Waals surface area contributed by atoms with Crippen LogP contribution in [0.5, 0.6) is 0 Å². The Bertz CT molecular complexity index is 1840. The zero-order chi connectivity index (χ0) is 35.3. The Morgan fingerprint density at radius 3 is 2.00 bits per heavy atom. The molecule has 1 N–H and O–H groups in total. The number of anilines is 1. The molecule has 0 saturated carbocycles. The third-order valence-electron chi connectivity index (χ3n) is 7.55. The first-order valence-electron chi connectivity index (χ1n) is 15.4. The van der Waals surface area contributed by atoms with Crippen molar-refractivity contribution in [2.45, 2.75) is 70.2 Å². The molecular weight excluding hydrogens is 639 g/mol. The highest BCUT2D eigenvalue weighted by molar-refractivity contribution is 7.92. The molecule has 4 aromatic rings. The zero-order valence-corrected chi connectivity index (χ0v) is 28.4. The molecule has 0 aliphatic heterocycles. The predicted molar refractivity (Wildman–Crippen MR) is 181 cm³/mol. The van der Waals surface area contributed by atoms with Crippen LogP contribution >= 0.6 is 0 Å². The van der Waals surface area contributed by atoms with Gasteiger partial charge in [0.1, 0.15) is 12.6 Å². The molecule has 0 saturated heterocycles. The maximum Gasteiger partial charge on any atom is 0.416 e. The van der Waals surface area contributed by atoms with Gasteiger partial charge in [-0.3, -0.25) is 13.9 Å². The Morgan fingerprint density at radius 2 is 1.40 bits per heavy atom. The molecule has 0 spiro atoms. The first kappa shape index (κ1) is 36.2. The van der Waals surface area contributed by atoms with Crippen LogP contribution in [0, 0.1) is 13.8 Å². The first-order valence-corrected chi connectivity index (χ1v) is 16.9. The third-order valence-corrected chi connectivity index (χ3v) is 9.34. The van der Waals surface area contributed by atoms with E-state index in [1.54, 1.807) is 45.9 Å². The molecule has 0 unspecified atom stereocenters. The molecule has 0 radical (unpaired) electrons. The molecule has 254 valence electrons. The van der Waals surface area contributed by atoms with Gasteiger partial charge < -0.3 is 10.2 Å². The third kappa shape index (κ3) is 9.47. The van der Waals surface area contributed by atoms with Gasteiger partial charge in [-0.1, -0.05) is 83.9 Å². The smallest absolute Gasteiger partial charge is 0.350 e. The van der Waals surface area contributed by atoms with Crippen LogP contribution in [-0.4, -0.2) is 43.3 Å². The summed E-state index contributed by atoms with van der Waals surface area (Å²) in [6.07, 6.45) is -4.66. The topological polar surface area (TPSA) is 86.8 Å². The van der Waals surface area contributed by atoms with Crippen molar-refractivity contribution in [2.75, 3.05) is 10.8 Å². The largest absolute Gasteiger partial charge is 0.416 e. The molecule has 0 fully saturated rings. The minimum Gasteiger partial charge on any atom is -0.350 e. The number of benzene rings is 4. The molecule has 11 heteroatoms. The van der Waals surface area contributed by atoms with Gasteiger partial charge in [0.25, 0.3) is 10.0 Å². The molecule has 7 nitrogen and oxygen atoms in total. The first-order chi connectivity index (χ1) is 22.4. The van der Waals surface area contributed by atoms with Crippen LogP contribution in [0.25, 0.3) is 0 Å². The maximum atomic E-state index is 14.5. The van der Waals surface area contributed by atoms with Crippen molar-refractivity contribution < 1.29 is 31.2 Å². The SMILES string of the molecule is Cc1ccc(S(=O)(=O)N(CC(=O)N(Cc2cccc(C)c2)[C@@H](Cc2ccccc2)C(=O)NC(C)(C)C)c2cccc(C(F)(F)F)c2)cc1. The van der Waals surface area contributed by atoms with E-state index in [4.69, 9.17) is 0 Å². The highest BCUT2D eigenvalue weighted by Crippen LogP contribution is 2.33. The van der Waals surface area contributed by atoms with Crippen LogP contribution in [0.1, 0.15) is 48.6 Å². The number of carbonyl (C=O) groups is 2. The Labute approximate surface area is 280 Å². The lowest BCUT2D eigenvalue weighted by Crippen LogP contribution is -2.56. The van der Waals surface area contributed by atoms with Gasteiger partial charge in [0, 0.05) is 18.5 Å². The predicted octanol–water partition coefficient (Wildman–Crippen LogP) is 7.07. The lowest BCUT2D eigenvalue weighted by atomic mass is 10.0. The van der Waals surface area contributed by atoms with E-state index in [2.05, 4.69) is 5.32 Å². The molecule has 0 aromatic heterocycles. The van der Waals surface area contributed by atoms with E-state index in [0.29, 0.717) is 15.9 Å². The number of carbonyl (C=O) groups excluding carboxylic acids is 2. The number of hydrogen-bond donors (Lipinski definition) is 1. The van der Waals surface area contributed by atoms with Crippen LogP contribution in [-0.2, 0) is 38.8 Å². The Morgan fingerprint density at radius 1 is 0.771 bits per heavy atom. The van der Waals surface area contributed by atoms with Crippen molar-refractivity contribution in [1.29, 1.82) is 0 Å². The fourth-order valence-electron chi connectivity index (χ4n) is 5.22. The number of nitrogens with zero attached hydrogens (tertiary/aromatic N) is 2. The molecule has 0 aliphatic rings. The Kier molecular flexibility index (Phi) is 11.0. The Hall–Kier alpha value is -4.64. The van der Waals surface area contributed by atoms with Gasteiger partial charge in [-0.05, 0) is 76.1 Å². The summed E-state index contributed by atoms with van der Waals surface area (Å²) < 4.78 is 70.4. The summed E-state index contributed by atoms with van der Waals surface area (Å²) >= 11 is 0.